The van der Waals surface area contributed by atoms with Crippen molar-refractivity contribution < 1.29 is 32.2 Å². The maximum absolute atomic E-state index is 13.6. The molecule has 2 aromatic carbocycles. The monoisotopic (exact) mass is 419 g/mol. The highest BCUT2D eigenvalue weighted by atomic mass is 32.1. The Bertz CT molecular complexity index is 1130. The fourth-order valence-electron chi connectivity index (χ4n) is 2.81. The molecule has 0 saturated carbocycles. The number of esters is 1. The second-order valence-corrected chi connectivity index (χ2v) is 7.15. The van der Waals surface area contributed by atoms with E-state index in [1.54, 1.807) is 6.07 Å². The summed E-state index contributed by atoms with van der Waals surface area (Å²) in [5.74, 6) is -5.52. The van der Waals surface area contributed by atoms with Crippen LogP contribution in [0.25, 0.3) is 10.4 Å². The van der Waals surface area contributed by atoms with Gasteiger partial charge in [0.15, 0.2) is 24.1 Å². The number of thiophene rings is 1. The fraction of sp³-hybridized carbons (Fsp3) is 0.100. The third kappa shape index (κ3) is 3.68. The van der Waals surface area contributed by atoms with Crippen LogP contribution in [-0.2, 0) is 16.1 Å². The molecule has 0 unspecified atom stereocenters. The number of carbonyl (C=O) groups excluding carboxylic acids is 2. The van der Waals surface area contributed by atoms with Crippen LogP contribution in [0.15, 0.2) is 42.5 Å². The van der Waals surface area contributed by atoms with E-state index in [0.717, 1.165) is 27.8 Å². The first-order chi connectivity index (χ1) is 13.9. The van der Waals surface area contributed by atoms with E-state index in [9.17, 15) is 22.8 Å². The van der Waals surface area contributed by atoms with Gasteiger partial charge in [0.05, 0.1) is 5.69 Å². The zero-order valence-electron chi connectivity index (χ0n) is 14.6. The number of fused-ring (bicyclic) bond motifs is 3. The van der Waals surface area contributed by atoms with Crippen LogP contribution in [0.4, 0.5) is 18.9 Å². The number of benzene rings is 2. The standard InChI is InChI=1S/C20H12F3NO4S/c21-12-5-6-13(18(23)17(12)22)24-16(25)9-28-20(26)15-7-10-8-27-14-4-2-1-3-11(14)19(10)29-15/h1-7H,8-9H2,(H,24,25). The third-order valence-corrected chi connectivity index (χ3v) is 5.36. The Morgan fingerprint density at radius 2 is 1.90 bits per heavy atom. The third-order valence-electron chi connectivity index (χ3n) is 4.17. The molecule has 9 heteroatoms. The molecule has 3 aromatic rings. The second-order valence-electron chi connectivity index (χ2n) is 6.10. The smallest absolute Gasteiger partial charge is 0.348 e. The van der Waals surface area contributed by atoms with Crippen molar-refractivity contribution in [3.05, 3.63) is 70.4 Å². The van der Waals surface area contributed by atoms with Crippen LogP contribution in [0.5, 0.6) is 5.75 Å². The molecular formula is C20H12F3NO4S. The molecule has 148 valence electrons. The average molecular weight is 419 g/mol. The lowest BCUT2D eigenvalue weighted by molar-refractivity contribution is -0.119. The normalized spacial score (nSPS) is 11.8. The summed E-state index contributed by atoms with van der Waals surface area (Å²) in [5.41, 5.74) is 1.14. The molecule has 2 heterocycles. The number of hydrogen-bond donors (Lipinski definition) is 1. The van der Waals surface area contributed by atoms with Gasteiger partial charge in [0.1, 0.15) is 17.2 Å². The maximum Gasteiger partial charge on any atom is 0.348 e. The minimum Gasteiger partial charge on any atom is -0.488 e. The van der Waals surface area contributed by atoms with Gasteiger partial charge in [0.25, 0.3) is 5.91 Å². The minimum atomic E-state index is -1.70. The molecule has 1 aromatic heterocycles. The van der Waals surface area contributed by atoms with Crippen LogP contribution in [0.3, 0.4) is 0 Å². The van der Waals surface area contributed by atoms with Crippen LogP contribution in [0, 0.1) is 17.5 Å². The van der Waals surface area contributed by atoms with Gasteiger partial charge in [-0.15, -0.1) is 11.3 Å². The van der Waals surface area contributed by atoms with E-state index in [1.807, 2.05) is 29.6 Å². The molecule has 0 aliphatic carbocycles. The number of nitrogens with one attached hydrogen (secondary N) is 1. The molecule has 0 radical (unpaired) electrons. The van der Waals surface area contributed by atoms with E-state index >= 15 is 0 Å². The van der Waals surface area contributed by atoms with E-state index in [1.165, 1.54) is 11.3 Å². The van der Waals surface area contributed by atoms with Crippen LogP contribution < -0.4 is 10.1 Å². The number of hydrogen-bond acceptors (Lipinski definition) is 5. The summed E-state index contributed by atoms with van der Waals surface area (Å²) in [7, 11) is 0. The summed E-state index contributed by atoms with van der Waals surface area (Å²) in [5, 5.41) is 2.03. The molecule has 4 rings (SSSR count). The van der Waals surface area contributed by atoms with E-state index in [-0.39, 0.29) is 4.88 Å². The van der Waals surface area contributed by atoms with Gasteiger partial charge in [-0.25, -0.2) is 18.0 Å². The van der Waals surface area contributed by atoms with Crippen molar-refractivity contribution in [2.75, 3.05) is 11.9 Å². The highest BCUT2D eigenvalue weighted by Gasteiger charge is 2.23. The molecule has 0 spiro atoms. The van der Waals surface area contributed by atoms with Crippen LogP contribution in [0.1, 0.15) is 15.2 Å². The summed E-state index contributed by atoms with van der Waals surface area (Å²) < 4.78 is 50.3. The molecule has 0 bridgehead atoms. The van der Waals surface area contributed by atoms with Crippen LogP contribution in [-0.4, -0.2) is 18.5 Å². The molecule has 1 amide bonds. The second kappa shape index (κ2) is 7.59. The van der Waals surface area contributed by atoms with E-state index in [4.69, 9.17) is 9.47 Å². The predicted molar refractivity (Wildman–Crippen MR) is 99.3 cm³/mol. The number of ether oxygens (including phenoxy) is 2. The van der Waals surface area contributed by atoms with Crippen LogP contribution >= 0.6 is 11.3 Å². The molecule has 0 fully saturated rings. The van der Waals surface area contributed by atoms with Gasteiger partial charge in [-0.3, -0.25) is 4.79 Å². The quantitative estimate of drug-likeness (QED) is 0.499. The lowest BCUT2D eigenvalue weighted by Gasteiger charge is -2.16. The lowest BCUT2D eigenvalue weighted by atomic mass is 10.1. The van der Waals surface area contributed by atoms with Gasteiger partial charge in [0, 0.05) is 16.0 Å². The summed E-state index contributed by atoms with van der Waals surface area (Å²) in [6.45, 7) is -0.404. The Balaban J connectivity index is 1.42. The summed E-state index contributed by atoms with van der Waals surface area (Å²) in [4.78, 5) is 25.3. The number of para-hydroxylation sites is 1. The largest absolute Gasteiger partial charge is 0.488 e. The van der Waals surface area contributed by atoms with Gasteiger partial charge < -0.3 is 14.8 Å². The Morgan fingerprint density at radius 1 is 1.10 bits per heavy atom. The van der Waals surface area contributed by atoms with Crippen molar-refractivity contribution in [3.8, 4) is 16.2 Å². The summed E-state index contributed by atoms with van der Waals surface area (Å²) >= 11 is 1.21. The molecule has 1 aliphatic rings. The SMILES string of the molecule is O=C(COC(=O)c1cc2c(s1)-c1ccccc1OC2)Nc1ccc(F)c(F)c1F. The Morgan fingerprint density at radius 3 is 2.72 bits per heavy atom. The first-order valence-corrected chi connectivity index (χ1v) is 9.21. The number of amides is 1. The zero-order chi connectivity index (χ0) is 20.5. The van der Waals surface area contributed by atoms with Crippen LogP contribution in [0.2, 0.25) is 0 Å². The van der Waals surface area contributed by atoms with Crippen molar-refractivity contribution in [2.24, 2.45) is 0 Å². The van der Waals surface area contributed by atoms with Crippen molar-refractivity contribution in [1.82, 2.24) is 0 Å². The topological polar surface area (TPSA) is 64.6 Å². The van der Waals surface area contributed by atoms with E-state index in [0.29, 0.717) is 12.7 Å². The number of carbonyl (C=O) groups is 2. The molecular weight excluding hydrogens is 407 g/mol. The van der Waals surface area contributed by atoms with Gasteiger partial charge in [0.2, 0.25) is 0 Å². The summed E-state index contributed by atoms with van der Waals surface area (Å²) in [6, 6.07) is 10.6. The Labute approximate surface area is 166 Å². The number of anilines is 1. The van der Waals surface area contributed by atoms with E-state index < -0.39 is 41.6 Å². The molecule has 1 N–H and O–H groups in total. The maximum atomic E-state index is 13.6. The number of rotatable bonds is 4. The Kier molecular flexibility index (Phi) is 4.98. The number of halogens is 3. The first-order valence-electron chi connectivity index (χ1n) is 8.39. The van der Waals surface area contributed by atoms with Crippen molar-refractivity contribution >= 4 is 28.9 Å². The average Bonchev–Trinajstić information content (AvgIpc) is 3.17. The first kappa shape index (κ1) is 19.0. The van der Waals surface area contributed by atoms with Crippen molar-refractivity contribution in [1.29, 1.82) is 0 Å². The van der Waals surface area contributed by atoms with Crippen molar-refractivity contribution in [2.45, 2.75) is 6.61 Å². The molecule has 0 atom stereocenters. The zero-order valence-corrected chi connectivity index (χ0v) is 15.4. The Hall–Kier alpha value is -3.33. The van der Waals surface area contributed by atoms with Gasteiger partial charge in [-0.05, 0) is 30.3 Å². The highest BCUT2D eigenvalue weighted by Crippen LogP contribution is 2.42. The summed E-state index contributed by atoms with van der Waals surface area (Å²) in [6.07, 6.45) is 0. The molecule has 5 nitrogen and oxygen atoms in total. The van der Waals surface area contributed by atoms with E-state index in [2.05, 4.69) is 0 Å². The minimum absolute atomic E-state index is 0.280. The van der Waals surface area contributed by atoms with Crippen molar-refractivity contribution in [3.63, 3.8) is 0 Å². The predicted octanol–water partition coefficient (Wildman–Crippen LogP) is 4.52. The highest BCUT2D eigenvalue weighted by molar-refractivity contribution is 7.17. The molecule has 29 heavy (non-hydrogen) atoms. The van der Waals surface area contributed by atoms with Gasteiger partial charge in [-0.2, -0.15) is 0 Å². The van der Waals surface area contributed by atoms with Gasteiger partial charge in [-0.1, -0.05) is 12.1 Å². The molecule has 0 saturated heterocycles. The lowest BCUT2D eigenvalue weighted by Crippen LogP contribution is -2.21. The van der Waals surface area contributed by atoms with Gasteiger partial charge >= 0.3 is 5.97 Å². The molecule has 1 aliphatic heterocycles. The fourth-order valence-corrected chi connectivity index (χ4v) is 3.90.